The largest absolute Gasteiger partial charge is 0.493 e. The molecule has 0 atom stereocenters. The van der Waals surface area contributed by atoms with Crippen molar-refractivity contribution in [2.75, 3.05) is 53.6 Å². The molecule has 0 aliphatic carbocycles. The van der Waals surface area contributed by atoms with Gasteiger partial charge in [0.25, 0.3) is 0 Å². The number of benzene rings is 1. The van der Waals surface area contributed by atoms with Crippen LogP contribution in [-0.2, 0) is 11.2 Å². The molecule has 8 nitrogen and oxygen atoms in total. The highest BCUT2D eigenvalue weighted by molar-refractivity contribution is 5.75. The summed E-state index contributed by atoms with van der Waals surface area (Å²) in [6.45, 7) is 4.63. The van der Waals surface area contributed by atoms with E-state index in [4.69, 9.17) is 14.2 Å². The van der Waals surface area contributed by atoms with Crippen LogP contribution >= 0.6 is 0 Å². The van der Waals surface area contributed by atoms with Gasteiger partial charge < -0.3 is 29.3 Å². The van der Waals surface area contributed by atoms with Crippen LogP contribution < -0.4 is 14.8 Å². The molecule has 0 unspecified atom stereocenters. The summed E-state index contributed by atoms with van der Waals surface area (Å²) in [6.07, 6.45) is 0.371. The molecule has 0 aromatic heterocycles. The molecule has 1 N–H and O–H groups in total. The van der Waals surface area contributed by atoms with E-state index in [0.717, 1.165) is 5.56 Å². The van der Waals surface area contributed by atoms with E-state index in [1.807, 2.05) is 18.2 Å². The van der Waals surface area contributed by atoms with E-state index in [0.29, 0.717) is 57.3 Å². The lowest BCUT2D eigenvalue weighted by molar-refractivity contribution is 0.0852. The Morgan fingerprint density at radius 2 is 1.69 bits per heavy atom. The van der Waals surface area contributed by atoms with Gasteiger partial charge in [0.1, 0.15) is 0 Å². The number of carbonyl (C=O) groups excluding carboxylic acids is 2. The van der Waals surface area contributed by atoms with Crippen LogP contribution in [0.2, 0.25) is 0 Å². The Morgan fingerprint density at radius 1 is 1.04 bits per heavy atom. The average molecular weight is 365 g/mol. The van der Waals surface area contributed by atoms with Crippen LogP contribution in [-0.4, -0.2) is 75.5 Å². The van der Waals surface area contributed by atoms with Crippen LogP contribution in [0.5, 0.6) is 11.5 Å². The van der Waals surface area contributed by atoms with Crippen molar-refractivity contribution in [3.63, 3.8) is 0 Å². The zero-order chi connectivity index (χ0) is 18.9. The minimum atomic E-state index is -0.319. The smallest absolute Gasteiger partial charge is 0.409 e. The number of amides is 3. The molecule has 0 spiro atoms. The van der Waals surface area contributed by atoms with Gasteiger partial charge in [-0.2, -0.15) is 0 Å². The predicted octanol–water partition coefficient (Wildman–Crippen LogP) is 1.73. The zero-order valence-electron chi connectivity index (χ0n) is 15.6. The van der Waals surface area contributed by atoms with E-state index in [2.05, 4.69) is 5.32 Å². The lowest BCUT2D eigenvalue weighted by atomic mass is 10.1. The van der Waals surface area contributed by atoms with Gasteiger partial charge in [-0.3, -0.25) is 0 Å². The highest BCUT2D eigenvalue weighted by atomic mass is 16.6. The number of methoxy groups -OCH3 is 2. The van der Waals surface area contributed by atoms with Crippen LogP contribution in [0, 0.1) is 0 Å². The monoisotopic (exact) mass is 365 g/mol. The Labute approximate surface area is 154 Å². The van der Waals surface area contributed by atoms with Gasteiger partial charge >= 0.3 is 12.1 Å². The van der Waals surface area contributed by atoms with Gasteiger partial charge in [0, 0.05) is 32.7 Å². The van der Waals surface area contributed by atoms with Crippen molar-refractivity contribution in [2.24, 2.45) is 0 Å². The first-order valence-corrected chi connectivity index (χ1v) is 8.74. The van der Waals surface area contributed by atoms with Gasteiger partial charge in [0.05, 0.1) is 20.8 Å². The summed E-state index contributed by atoms with van der Waals surface area (Å²) in [4.78, 5) is 27.3. The molecule has 2 rings (SSSR count). The van der Waals surface area contributed by atoms with Crippen molar-refractivity contribution in [3.05, 3.63) is 23.8 Å². The molecule has 0 radical (unpaired) electrons. The first-order valence-electron chi connectivity index (χ1n) is 8.74. The number of nitrogens with one attached hydrogen (secondary N) is 1. The molecular formula is C18H27N3O5. The Hall–Kier alpha value is -2.64. The Bertz CT molecular complexity index is 615. The Morgan fingerprint density at radius 3 is 2.31 bits per heavy atom. The standard InChI is InChI=1S/C18H27N3O5/c1-4-26-18(23)21-11-9-20(10-12-21)17(22)19-8-7-14-5-6-15(24-2)16(13-14)25-3/h5-6,13H,4,7-12H2,1-3H3,(H,19,22). The predicted molar refractivity (Wildman–Crippen MR) is 96.8 cm³/mol. The van der Waals surface area contributed by atoms with Gasteiger partial charge in [0.2, 0.25) is 0 Å². The fraction of sp³-hybridized carbons (Fsp3) is 0.556. The van der Waals surface area contributed by atoms with E-state index in [1.165, 1.54) is 0 Å². The fourth-order valence-corrected chi connectivity index (χ4v) is 2.77. The van der Waals surface area contributed by atoms with Crippen LogP contribution in [0.1, 0.15) is 12.5 Å². The summed E-state index contributed by atoms with van der Waals surface area (Å²) < 4.78 is 15.5. The molecule has 1 aromatic carbocycles. The van der Waals surface area contributed by atoms with Crippen molar-refractivity contribution >= 4 is 12.1 Å². The number of nitrogens with zero attached hydrogens (tertiary/aromatic N) is 2. The molecule has 144 valence electrons. The topological polar surface area (TPSA) is 80.3 Å². The number of carbonyl (C=O) groups is 2. The van der Waals surface area contributed by atoms with E-state index >= 15 is 0 Å². The van der Waals surface area contributed by atoms with Crippen molar-refractivity contribution in [1.29, 1.82) is 0 Å². The first-order chi connectivity index (χ1) is 12.6. The summed E-state index contributed by atoms with van der Waals surface area (Å²) in [7, 11) is 3.19. The third-order valence-corrected chi connectivity index (χ3v) is 4.23. The molecule has 1 aliphatic rings. The lowest BCUT2D eigenvalue weighted by Gasteiger charge is -2.34. The summed E-state index contributed by atoms with van der Waals surface area (Å²) in [6, 6.07) is 5.59. The Balaban J connectivity index is 1.75. The summed E-state index contributed by atoms with van der Waals surface area (Å²) in [5.74, 6) is 1.35. The van der Waals surface area contributed by atoms with E-state index in [-0.39, 0.29) is 12.1 Å². The van der Waals surface area contributed by atoms with E-state index < -0.39 is 0 Å². The average Bonchev–Trinajstić information content (AvgIpc) is 2.68. The molecule has 1 fully saturated rings. The highest BCUT2D eigenvalue weighted by Gasteiger charge is 2.24. The molecule has 0 bridgehead atoms. The second-order valence-electron chi connectivity index (χ2n) is 5.84. The first kappa shape index (κ1) is 19.7. The molecular weight excluding hydrogens is 338 g/mol. The minimum absolute atomic E-state index is 0.117. The summed E-state index contributed by atoms with van der Waals surface area (Å²) >= 11 is 0. The number of ether oxygens (including phenoxy) is 3. The van der Waals surface area contributed by atoms with Crippen molar-refractivity contribution in [1.82, 2.24) is 15.1 Å². The molecule has 1 aromatic rings. The van der Waals surface area contributed by atoms with Crippen molar-refractivity contribution in [3.8, 4) is 11.5 Å². The van der Waals surface area contributed by atoms with Gasteiger partial charge in [-0.1, -0.05) is 6.07 Å². The van der Waals surface area contributed by atoms with Gasteiger partial charge in [-0.05, 0) is 31.0 Å². The van der Waals surface area contributed by atoms with Gasteiger partial charge in [0.15, 0.2) is 11.5 Å². The number of hydrogen-bond acceptors (Lipinski definition) is 5. The molecule has 1 aliphatic heterocycles. The number of hydrogen-bond donors (Lipinski definition) is 1. The Kier molecular flexibility index (Phi) is 7.37. The summed E-state index contributed by atoms with van der Waals surface area (Å²) in [5, 5.41) is 2.92. The SMILES string of the molecule is CCOC(=O)N1CCN(C(=O)NCCc2ccc(OC)c(OC)c2)CC1. The van der Waals surface area contributed by atoms with Gasteiger partial charge in [-0.25, -0.2) is 9.59 Å². The lowest BCUT2D eigenvalue weighted by Crippen LogP contribution is -2.53. The van der Waals surface area contributed by atoms with E-state index in [9.17, 15) is 9.59 Å². The normalized spacial score (nSPS) is 14.0. The number of urea groups is 1. The van der Waals surface area contributed by atoms with E-state index in [1.54, 1.807) is 30.9 Å². The second-order valence-corrected chi connectivity index (χ2v) is 5.84. The molecule has 8 heteroatoms. The van der Waals surface area contributed by atoms with Crippen molar-refractivity contribution < 1.29 is 23.8 Å². The number of piperazine rings is 1. The highest BCUT2D eigenvalue weighted by Crippen LogP contribution is 2.27. The third-order valence-electron chi connectivity index (χ3n) is 4.23. The fourth-order valence-electron chi connectivity index (χ4n) is 2.77. The maximum absolute atomic E-state index is 12.2. The molecule has 0 saturated carbocycles. The third kappa shape index (κ3) is 5.18. The van der Waals surface area contributed by atoms with Crippen LogP contribution in [0.3, 0.4) is 0 Å². The second kappa shape index (κ2) is 9.74. The summed E-state index contributed by atoms with van der Waals surface area (Å²) in [5.41, 5.74) is 1.05. The quantitative estimate of drug-likeness (QED) is 0.830. The maximum atomic E-state index is 12.2. The molecule has 3 amide bonds. The number of rotatable bonds is 6. The van der Waals surface area contributed by atoms with Crippen LogP contribution in [0.15, 0.2) is 18.2 Å². The van der Waals surface area contributed by atoms with Gasteiger partial charge in [-0.15, -0.1) is 0 Å². The van der Waals surface area contributed by atoms with Crippen LogP contribution in [0.4, 0.5) is 9.59 Å². The molecule has 1 heterocycles. The maximum Gasteiger partial charge on any atom is 0.409 e. The van der Waals surface area contributed by atoms with Crippen LogP contribution in [0.25, 0.3) is 0 Å². The molecule has 26 heavy (non-hydrogen) atoms. The molecule has 1 saturated heterocycles. The minimum Gasteiger partial charge on any atom is -0.493 e. The zero-order valence-corrected chi connectivity index (χ0v) is 15.6. The van der Waals surface area contributed by atoms with Crippen molar-refractivity contribution in [2.45, 2.75) is 13.3 Å².